The predicted octanol–water partition coefficient (Wildman–Crippen LogP) is 1.49. The minimum Gasteiger partial charge on any atom is -0.381 e. The molecule has 1 spiro atoms. The van der Waals surface area contributed by atoms with E-state index in [2.05, 4.69) is 9.97 Å². The lowest BCUT2D eigenvalue weighted by molar-refractivity contribution is -0.137. The van der Waals surface area contributed by atoms with Crippen LogP contribution in [0.2, 0.25) is 0 Å². The Morgan fingerprint density at radius 3 is 2.96 bits per heavy atom. The third-order valence-corrected chi connectivity index (χ3v) is 5.21. The van der Waals surface area contributed by atoms with Gasteiger partial charge in [-0.2, -0.15) is 0 Å². The second-order valence-corrected chi connectivity index (χ2v) is 6.90. The lowest BCUT2D eigenvalue weighted by Crippen LogP contribution is -2.47. The Kier molecular flexibility index (Phi) is 3.84. The van der Waals surface area contributed by atoms with Crippen LogP contribution >= 0.6 is 0 Å². The third-order valence-electron chi connectivity index (χ3n) is 5.21. The molecule has 2 fully saturated rings. The predicted molar refractivity (Wildman–Crippen MR) is 89.8 cm³/mol. The summed E-state index contributed by atoms with van der Waals surface area (Å²) in [6.07, 6.45) is 3.10. The fourth-order valence-electron chi connectivity index (χ4n) is 3.77. The van der Waals surface area contributed by atoms with Crippen LogP contribution in [0, 0.1) is 5.41 Å². The van der Waals surface area contributed by atoms with Crippen LogP contribution in [0.25, 0.3) is 10.9 Å². The second kappa shape index (κ2) is 6.02. The molecule has 6 heteroatoms. The topological polar surface area (TPSA) is 75.3 Å². The van der Waals surface area contributed by atoms with Crippen molar-refractivity contribution in [2.45, 2.75) is 25.7 Å². The van der Waals surface area contributed by atoms with Crippen LogP contribution in [0.1, 0.15) is 25.1 Å². The van der Waals surface area contributed by atoms with Gasteiger partial charge in [0, 0.05) is 38.0 Å². The summed E-state index contributed by atoms with van der Waals surface area (Å²) in [5, 5.41) is 0.595. The van der Waals surface area contributed by atoms with Gasteiger partial charge in [-0.05, 0) is 25.0 Å². The van der Waals surface area contributed by atoms with E-state index < -0.39 is 0 Å². The monoisotopic (exact) mass is 327 g/mol. The minimum absolute atomic E-state index is 0.124. The van der Waals surface area contributed by atoms with E-state index in [0.29, 0.717) is 36.1 Å². The summed E-state index contributed by atoms with van der Waals surface area (Å²) in [5.41, 5.74) is 0.709. The Morgan fingerprint density at radius 1 is 1.25 bits per heavy atom. The van der Waals surface area contributed by atoms with Crippen LogP contribution in [0.15, 0.2) is 29.1 Å². The first kappa shape index (κ1) is 15.3. The first-order chi connectivity index (χ1) is 11.7. The van der Waals surface area contributed by atoms with E-state index in [9.17, 15) is 9.59 Å². The number of hydrogen-bond donors (Lipinski definition) is 1. The van der Waals surface area contributed by atoms with Crippen molar-refractivity contribution in [2.24, 2.45) is 5.41 Å². The maximum atomic E-state index is 12.2. The van der Waals surface area contributed by atoms with Crippen LogP contribution in [-0.2, 0) is 16.0 Å². The van der Waals surface area contributed by atoms with E-state index in [4.69, 9.17) is 4.74 Å². The van der Waals surface area contributed by atoms with Gasteiger partial charge in [0.25, 0.3) is 5.56 Å². The van der Waals surface area contributed by atoms with Gasteiger partial charge in [-0.3, -0.25) is 9.59 Å². The van der Waals surface area contributed by atoms with Gasteiger partial charge < -0.3 is 14.6 Å². The number of ether oxygens (including phenoxy) is 1. The molecule has 2 aliphatic rings. The number of aromatic nitrogens is 2. The van der Waals surface area contributed by atoms with Crippen molar-refractivity contribution >= 4 is 16.8 Å². The minimum atomic E-state index is -0.124. The first-order valence-electron chi connectivity index (χ1n) is 8.49. The Morgan fingerprint density at radius 2 is 2.12 bits per heavy atom. The number of carbonyl (C=O) groups is 1. The maximum absolute atomic E-state index is 12.2. The summed E-state index contributed by atoms with van der Waals surface area (Å²) in [5.74, 6) is 0.824. The zero-order chi connectivity index (χ0) is 16.6. The Bertz CT molecular complexity index is 824. The van der Waals surface area contributed by atoms with Crippen molar-refractivity contribution in [1.82, 2.24) is 14.9 Å². The van der Waals surface area contributed by atoms with E-state index in [1.165, 1.54) is 0 Å². The lowest BCUT2D eigenvalue weighted by Gasteiger charge is -2.39. The van der Waals surface area contributed by atoms with Crippen LogP contribution in [0.4, 0.5) is 0 Å². The molecule has 1 aromatic heterocycles. The molecule has 4 rings (SSSR count). The number of carbonyl (C=O) groups excluding carboxylic acids is 1. The van der Waals surface area contributed by atoms with E-state index in [1.54, 1.807) is 6.07 Å². The van der Waals surface area contributed by atoms with Gasteiger partial charge in [-0.15, -0.1) is 0 Å². The summed E-state index contributed by atoms with van der Waals surface area (Å²) < 4.78 is 5.55. The molecule has 1 N–H and O–H groups in total. The summed E-state index contributed by atoms with van der Waals surface area (Å²) in [4.78, 5) is 33.6. The number of likely N-dealkylation sites (tertiary alicyclic amines) is 1. The number of fused-ring (bicyclic) bond motifs is 1. The van der Waals surface area contributed by atoms with Gasteiger partial charge in [-0.25, -0.2) is 4.98 Å². The summed E-state index contributed by atoms with van der Waals surface area (Å²) in [6, 6.07) is 7.30. The van der Waals surface area contributed by atoms with E-state index in [0.717, 1.165) is 32.6 Å². The highest BCUT2D eigenvalue weighted by molar-refractivity contribution is 5.78. The number of rotatable bonds is 3. The molecule has 1 amide bonds. The third kappa shape index (κ3) is 2.82. The quantitative estimate of drug-likeness (QED) is 0.927. The van der Waals surface area contributed by atoms with Crippen molar-refractivity contribution < 1.29 is 9.53 Å². The zero-order valence-corrected chi connectivity index (χ0v) is 13.6. The molecule has 1 aromatic carbocycles. The SMILES string of the molecule is O=C1CC[C@@]2(CCOC2)CN1CCc1nc2ccccc2c(=O)[nH]1. The van der Waals surface area contributed by atoms with Gasteiger partial charge in [0.1, 0.15) is 5.82 Å². The molecule has 0 radical (unpaired) electrons. The molecule has 3 heterocycles. The molecule has 2 saturated heterocycles. The highest BCUT2D eigenvalue weighted by Gasteiger charge is 2.41. The molecule has 6 nitrogen and oxygen atoms in total. The van der Waals surface area contributed by atoms with E-state index in [-0.39, 0.29) is 16.9 Å². The van der Waals surface area contributed by atoms with E-state index >= 15 is 0 Å². The molecule has 2 aliphatic heterocycles. The van der Waals surface area contributed by atoms with E-state index in [1.807, 2.05) is 23.1 Å². The molecule has 0 unspecified atom stereocenters. The van der Waals surface area contributed by atoms with Crippen molar-refractivity contribution in [3.63, 3.8) is 0 Å². The standard InChI is InChI=1S/C18H21N3O3/c22-16-5-7-18(8-10-24-12-18)11-21(16)9-6-15-19-14-4-2-1-3-13(14)17(23)20-15/h1-4H,5-12H2,(H,19,20,23)/t18-/m1/s1. The number of benzene rings is 1. The molecule has 0 aliphatic carbocycles. The van der Waals surface area contributed by atoms with Crippen molar-refractivity contribution in [1.29, 1.82) is 0 Å². The van der Waals surface area contributed by atoms with Crippen molar-refractivity contribution in [3.05, 3.63) is 40.4 Å². The number of para-hydroxylation sites is 1. The Hall–Kier alpha value is -2.21. The summed E-state index contributed by atoms with van der Waals surface area (Å²) in [6.45, 7) is 2.88. The smallest absolute Gasteiger partial charge is 0.258 e. The first-order valence-corrected chi connectivity index (χ1v) is 8.49. The molecule has 126 valence electrons. The lowest BCUT2D eigenvalue weighted by atomic mass is 9.79. The largest absolute Gasteiger partial charge is 0.381 e. The number of amides is 1. The molecular formula is C18H21N3O3. The molecular weight excluding hydrogens is 306 g/mol. The summed E-state index contributed by atoms with van der Waals surface area (Å²) >= 11 is 0. The average molecular weight is 327 g/mol. The molecule has 24 heavy (non-hydrogen) atoms. The Balaban J connectivity index is 1.49. The molecule has 0 saturated carbocycles. The number of nitrogens with zero attached hydrogens (tertiary/aromatic N) is 2. The van der Waals surface area contributed by atoms with Gasteiger partial charge in [0.2, 0.25) is 5.91 Å². The van der Waals surface area contributed by atoms with Crippen LogP contribution < -0.4 is 5.56 Å². The number of nitrogens with one attached hydrogen (secondary N) is 1. The molecule has 0 bridgehead atoms. The Labute approximate surface area is 139 Å². The maximum Gasteiger partial charge on any atom is 0.258 e. The van der Waals surface area contributed by atoms with Crippen LogP contribution in [0.3, 0.4) is 0 Å². The highest BCUT2D eigenvalue weighted by Crippen LogP contribution is 2.37. The van der Waals surface area contributed by atoms with Gasteiger partial charge in [-0.1, -0.05) is 12.1 Å². The average Bonchev–Trinajstić information content (AvgIpc) is 3.04. The van der Waals surface area contributed by atoms with Gasteiger partial charge >= 0.3 is 0 Å². The fourth-order valence-corrected chi connectivity index (χ4v) is 3.77. The van der Waals surface area contributed by atoms with Crippen LogP contribution in [0.5, 0.6) is 0 Å². The second-order valence-electron chi connectivity index (χ2n) is 6.90. The molecule has 2 aromatic rings. The number of aromatic amines is 1. The van der Waals surface area contributed by atoms with Crippen molar-refractivity contribution in [2.75, 3.05) is 26.3 Å². The normalized spacial score (nSPS) is 24.2. The number of piperidine rings is 1. The molecule has 1 atom stereocenters. The van der Waals surface area contributed by atoms with Crippen molar-refractivity contribution in [3.8, 4) is 0 Å². The zero-order valence-electron chi connectivity index (χ0n) is 13.6. The van der Waals surface area contributed by atoms with Crippen LogP contribution in [-0.4, -0.2) is 47.1 Å². The highest BCUT2D eigenvalue weighted by atomic mass is 16.5. The number of H-pyrrole nitrogens is 1. The number of hydrogen-bond acceptors (Lipinski definition) is 4. The van der Waals surface area contributed by atoms with Gasteiger partial charge in [0.05, 0.1) is 17.5 Å². The van der Waals surface area contributed by atoms with Gasteiger partial charge in [0.15, 0.2) is 0 Å². The fraction of sp³-hybridized carbons (Fsp3) is 0.500. The summed E-state index contributed by atoms with van der Waals surface area (Å²) in [7, 11) is 0.